The van der Waals surface area contributed by atoms with E-state index in [0.717, 1.165) is 78.3 Å². The minimum atomic E-state index is 0.356. The molecule has 0 aliphatic heterocycles. The Labute approximate surface area is 480 Å². The molecule has 9 nitrogen and oxygen atoms in total. The molecule has 0 saturated carbocycles. The highest BCUT2D eigenvalue weighted by molar-refractivity contribution is 6.12. The number of rotatable bonds is 12. The van der Waals surface area contributed by atoms with Crippen molar-refractivity contribution in [1.82, 2.24) is 14.5 Å². The Balaban J connectivity index is 0.887. The van der Waals surface area contributed by atoms with Gasteiger partial charge in [-0.3, -0.25) is 0 Å². The summed E-state index contributed by atoms with van der Waals surface area (Å²) in [6, 6.07) is 100. The molecule has 2 heterocycles. The minimum Gasteiger partial charge on any atom is -0.310 e. The number of hydrogen-bond donors (Lipinski definition) is 0. The van der Waals surface area contributed by atoms with Crippen LogP contribution in [-0.4, -0.2) is 14.5 Å². The van der Waals surface area contributed by atoms with E-state index in [4.69, 9.17) is 9.97 Å². The van der Waals surface area contributed by atoms with Gasteiger partial charge in [0.05, 0.1) is 69.0 Å². The first-order chi connectivity index (χ1) is 41.0. The van der Waals surface area contributed by atoms with Gasteiger partial charge in [-0.05, 0) is 150 Å². The van der Waals surface area contributed by atoms with Crippen molar-refractivity contribution in [3.63, 3.8) is 0 Å². The van der Waals surface area contributed by atoms with Gasteiger partial charge in [-0.1, -0.05) is 140 Å². The highest BCUT2D eigenvalue weighted by Crippen LogP contribution is 2.44. The van der Waals surface area contributed by atoms with Crippen molar-refractivity contribution < 1.29 is 0 Å². The number of aromatic nitrogens is 3. The van der Waals surface area contributed by atoms with Gasteiger partial charge < -0.3 is 14.4 Å². The SMILES string of the molecule is N#Cc1ccccc1-c1cc(-c2ccc(-c3cc(C#N)c(-c4ccc(-n5c6ccc(N(c7ccccc7)c7ccccc7)cc6c6cc(N(c7ccccc7)c7ccccc7)ccc65)cc4)c(C#N)c3)cc2)nc(-c2ccccc2C#N)n1. The average Bonchev–Trinajstić information content (AvgIpc) is 3.64. The molecule has 0 N–H and O–H groups in total. The van der Waals surface area contributed by atoms with E-state index in [1.807, 2.05) is 109 Å². The maximum absolute atomic E-state index is 10.8. The average molecular weight is 1060 g/mol. The lowest BCUT2D eigenvalue weighted by atomic mass is 9.90. The summed E-state index contributed by atoms with van der Waals surface area (Å²) in [5.41, 5.74) is 16.7. The van der Waals surface area contributed by atoms with Crippen LogP contribution in [-0.2, 0) is 0 Å². The van der Waals surface area contributed by atoms with Crippen LogP contribution in [0, 0.1) is 45.3 Å². The molecule has 0 unspecified atom stereocenters. The van der Waals surface area contributed by atoms with E-state index in [1.54, 1.807) is 18.2 Å². The molecule has 0 aliphatic rings. The van der Waals surface area contributed by atoms with Gasteiger partial charge in [0.25, 0.3) is 0 Å². The number of benzene rings is 11. The zero-order valence-corrected chi connectivity index (χ0v) is 44.5. The van der Waals surface area contributed by atoms with Crippen molar-refractivity contribution in [1.29, 1.82) is 21.0 Å². The highest BCUT2D eigenvalue weighted by atomic mass is 15.1. The standard InChI is InChI=1S/C74H45N9/c75-46-53-17-13-15-27-65(53)70-45-69(79-74(80-70)66-28-16-14-18-54(66)47-76)51-31-29-50(30-32-51)55-41-56(48-77)73(57(42-55)49-78)52-33-35-62(36-34-52)83-71-39-37-63(81(58-19-5-1-6-20-58)59-21-7-2-8-22-59)43-67(71)68-44-64(38-40-72(68)83)82(60-23-9-3-10-24-60)61-25-11-4-12-26-61/h1-45H. The topological polar surface area (TPSA) is 132 Å². The van der Waals surface area contributed by atoms with Gasteiger partial charge in [0.15, 0.2) is 5.82 Å². The summed E-state index contributed by atoms with van der Waals surface area (Å²) in [4.78, 5) is 14.4. The zero-order chi connectivity index (χ0) is 56.2. The number of fused-ring (bicyclic) bond motifs is 3. The fourth-order valence-corrected chi connectivity index (χ4v) is 11.1. The predicted molar refractivity (Wildman–Crippen MR) is 332 cm³/mol. The number of hydrogen-bond acceptors (Lipinski definition) is 8. The van der Waals surface area contributed by atoms with Gasteiger partial charge in [0, 0.05) is 72.8 Å². The van der Waals surface area contributed by atoms with E-state index in [0.29, 0.717) is 61.7 Å². The fraction of sp³-hybridized carbons (Fsp3) is 0. The van der Waals surface area contributed by atoms with Crippen LogP contribution in [0.3, 0.4) is 0 Å². The number of para-hydroxylation sites is 4. The van der Waals surface area contributed by atoms with E-state index >= 15 is 0 Å². The first-order valence-corrected chi connectivity index (χ1v) is 26.9. The minimum absolute atomic E-state index is 0.356. The molecule has 386 valence electrons. The lowest BCUT2D eigenvalue weighted by Gasteiger charge is -2.26. The molecule has 83 heavy (non-hydrogen) atoms. The molecule has 0 saturated heterocycles. The fourth-order valence-electron chi connectivity index (χ4n) is 11.1. The molecule has 0 aliphatic carbocycles. The molecule has 0 radical (unpaired) electrons. The zero-order valence-electron chi connectivity index (χ0n) is 44.5. The molecule has 0 spiro atoms. The third kappa shape index (κ3) is 9.52. The quantitative estimate of drug-likeness (QED) is 0.118. The van der Waals surface area contributed by atoms with Crippen LogP contribution in [0.1, 0.15) is 22.3 Å². The van der Waals surface area contributed by atoms with Crippen molar-refractivity contribution in [3.05, 3.63) is 295 Å². The molecule has 2 aromatic heterocycles. The summed E-state index contributed by atoms with van der Waals surface area (Å²) < 4.78 is 2.29. The van der Waals surface area contributed by atoms with Crippen molar-refractivity contribution in [2.24, 2.45) is 0 Å². The lowest BCUT2D eigenvalue weighted by molar-refractivity contribution is 1.18. The molecule has 0 amide bonds. The molecular formula is C74H45N9. The van der Waals surface area contributed by atoms with E-state index in [9.17, 15) is 21.0 Å². The first kappa shape index (κ1) is 50.4. The summed E-state index contributed by atoms with van der Waals surface area (Å²) >= 11 is 0. The Morgan fingerprint density at radius 3 is 1.17 bits per heavy atom. The molecular weight excluding hydrogens is 1010 g/mol. The van der Waals surface area contributed by atoms with Gasteiger partial charge in [0.1, 0.15) is 0 Å². The third-order valence-corrected chi connectivity index (χ3v) is 15.0. The third-order valence-electron chi connectivity index (χ3n) is 15.0. The van der Waals surface area contributed by atoms with E-state index < -0.39 is 0 Å². The number of anilines is 6. The second-order valence-corrected chi connectivity index (χ2v) is 19.8. The van der Waals surface area contributed by atoms with E-state index in [1.165, 1.54) is 0 Å². The maximum Gasteiger partial charge on any atom is 0.161 e. The molecule has 11 aromatic carbocycles. The largest absolute Gasteiger partial charge is 0.310 e. The van der Waals surface area contributed by atoms with Crippen molar-refractivity contribution >= 4 is 55.9 Å². The van der Waals surface area contributed by atoms with E-state index in [-0.39, 0.29) is 0 Å². The van der Waals surface area contributed by atoms with Gasteiger partial charge in [-0.2, -0.15) is 21.0 Å². The Morgan fingerprint density at radius 1 is 0.301 bits per heavy atom. The summed E-state index contributed by atoms with van der Waals surface area (Å²) in [5.74, 6) is 0.356. The maximum atomic E-state index is 10.8. The van der Waals surface area contributed by atoms with Crippen LogP contribution in [0.5, 0.6) is 0 Å². The Morgan fingerprint density at radius 2 is 0.699 bits per heavy atom. The Kier molecular flexibility index (Phi) is 13.3. The van der Waals surface area contributed by atoms with Crippen LogP contribution < -0.4 is 9.80 Å². The summed E-state index contributed by atoms with van der Waals surface area (Å²) in [5, 5.41) is 43.8. The normalized spacial score (nSPS) is 10.8. The van der Waals surface area contributed by atoms with Crippen LogP contribution in [0.15, 0.2) is 273 Å². The van der Waals surface area contributed by atoms with Crippen LogP contribution in [0.2, 0.25) is 0 Å². The molecule has 0 fully saturated rings. The molecule has 9 heteroatoms. The van der Waals surface area contributed by atoms with Crippen LogP contribution >= 0.6 is 0 Å². The Bertz CT molecular complexity index is 4430. The second kappa shape index (κ2) is 21.9. The van der Waals surface area contributed by atoms with Gasteiger partial charge in [-0.15, -0.1) is 0 Å². The lowest BCUT2D eigenvalue weighted by Crippen LogP contribution is -2.09. The van der Waals surface area contributed by atoms with Crippen LogP contribution in [0.25, 0.3) is 83.6 Å². The van der Waals surface area contributed by atoms with E-state index in [2.05, 4.69) is 184 Å². The molecule has 13 rings (SSSR count). The predicted octanol–water partition coefficient (Wildman–Crippen LogP) is 18.3. The van der Waals surface area contributed by atoms with Crippen molar-refractivity contribution in [3.8, 4) is 86.1 Å². The van der Waals surface area contributed by atoms with Crippen molar-refractivity contribution in [2.45, 2.75) is 0 Å². The molecule has 13 aromatic rings. The van der Waals surface area contributed by atoms with Gasteiger partial charge in [0.2, 0.25) is 0 Å². The number of nitriles is 4. The monoisotopic (exact) mass is 1060 g/mol. The van der Waals surface area contributed by atoms with Crippen LogP contribution in [0.4, 0.5) is 34.1 Å². The summed E-state index contributed by atoms with van der Waals surface area (Å²) in [6.45, 7) is 0. The van der Waals surface area contributed by atoms with Crippen molar-refractivity contribution in [2.75, 3.05) is 9.80 Å². The van der Waals surface area contributed by atoms with Gasteiger partial charge in [-0.25, -0.2) is 9.97 Å². The summed E-state index contributed by atoms with van der Waals surface area (Å²) in [6.07, 6.45) is 0. The first-order valence-electron chi connectivity index (χ1n) is 26.9. The highest BCUT2D eigenvalue weighted by Gasteiger charge is 2.22. The molecule has 0 atom stereocenters. The second-order valence-electron chi connectivity index (χ2n) is 19.8. The molecule has 0 bridgehead atoms. The smallest absolute Gasteiger partial charge is 0.161 e. The Hall–Kier alpha value is -12.1. The summed E-state index contributed by atoms with van der Waals surface area (Å²) in [7, 11) is 0. The number of nitrogens with zero attached hydrogens (tertiary/aromatic N) is 9. The van der Waals surface area contributed by atoms with Gasteiger partial charge >= 0.3 is 0 Å².